The summed E-state index contributed by atoms with van der Waals surface area (Å²) in [7, 11) is 0. The minimum atomic E-state index is -0.636. The number of amides is 2. The van der Waals surface area contributed by atoms with Gasteiger partial charge >= 0.3 is 0 Å². The molecule has 2 aromatic heterocycles. The third-order valence-corrected chi connectivity index (χ3v) is 3.93. The van der Waals surface area contributed by atoms with Crippen molar-refractivity contribution < 1.29 is 9.59 Å². The maximum absolute atomic E-state index is 12.9. The molecule has 0 radical (unpaired) electrons. The fourth-order valence-corrected chi connectivity index (χ4v) is 2.71. The van der Waals surface area contributed by atoms with Crippen molar-refractivity contribution >= 4 is 29.1 Å². The number of hydrogen-bond donors (Lipinski definition) is 2. The third-order valence-electron chi connectivity index (χ3n) is 3.93. The number of nitrogens with one attached hydrogen (secondary N) is 2. The summed E-state index contributed by atoms with van der Waals surface area (Å²) in [5.41, 5.74) is -0.657. The number of nitroso groups, excluding NO2 is 1. The van der Waals surface area contributed by atoms with Gasteiger partial charge < -0.3 is 10.6 Å². The third kappa shape index (κ3) is 3.35. The second-order valence-corrected chi connectivity index (χ2v) is 6.83. The molecule has 138 valence electrons. The number of aromatic nitrogens is 3. The van der Waals surface area contributed by atoms with Gasteiger partial charge in [0.15, 0.2) is 11.4 Å². The molecule has 1 aliphatic rings. The lowest BCUT2D eigenvalue weighted by Crippen LogP contribution is -2.36. The first-order valence-corrected chi connectivity index (χ1v) is 8.40. The Labute approximate surface area is 148 Å². The number of hydrogen-bond acceptors (Lipinski definition) is 6. The quantitative estimate of drug-likeness (QED) is 0.753. The molecular formula is C16H20N6O4. The lowest BCUT2D eigenvalue weighted by Gasteiger charge is -2.14. The number of carbonyl (C=O) groups excluding carboxylic acids is 2. The van der Waals surface area contributed by atoms with Crippen LogP contribution in [0.3, 0.4) is 0 Å². The summed E-state index contributed by atoms with van der Waals surface area (Å²) < 4.78 is 2.50. The first kappa shape index (κ1) is 17.8. The van der Waals surface area contributed by atoms with E-state index in [1.54, 1.807) is 0 Å². The molecule has 2 N–H and O–H groups in total. The van der Waals surface area contributed by atoms with Crippen LogP contribution in [-0.4, -0.2) is 32.0 Å². The smallest absolute Gasteiger partial charge is 0.269 e. The molecule has 1 saturated carbocycles. The molecule has 3 rings (SSSR count). The van der Waals surface area contributed by atoms with Crippen LogP contribution in [0.5, 0.6) is 0 Å². The Kier molecular flexibility index (Phi) is 4.58. The van der Waals surface area contributed by atoms with Crippen LogP contribution in [0, 0.1) is 10.8 Å². The predicted octanol–water partition coefficient (Wildman–Crippen LogP) is 1.40. The number of fused-ring (bicyclic) bond motifs is 1. The van der Waals surface area contributed by atoms with E-state index in [1.165, 1.54) is 17.6 Å². The number of anilines is 1. The van der Waals surface area contributed by atoms with Gasteiger partial charge in [-0.05, 0) is 23.9 Å². The van der Waals surface area contributed by atoms with E-state index in [9.17, 15) is 19.3 Å². The Hall–Kier alpha value is -3.04. The largest absolute Gasteiger partial charge is 0.349 e. The van der Waals surface area contributed by atoms with Crippen LogP contribution in [-0.2, 0) is 11.3 Å². The van der Waals surface area contributed by atoms with Crippen molar-refractivity contribution in [3.05, 3.63) is 26.9 Å². The number of carbonyl (C=O) groups is 2. The van der Waals surface area contributed by atoms with Crippen molar-refractivity contribution in [1.29, 1.82) is 0 Å². The molecule has 0 aliphatic heterocycles. The van der Waals surface area contributed by atoms with Gasteiger partial charge in [0, 0.05) is 25.6 Å². The molecule has 0 saturated heterocycles. The van der Waals surface area contributed by atoms with Crippen molar-refractivity contribution in [2.45, 2.75) is 46.2 Å². The van der Waals surface area contributed by atoms with Crippen LogP contribution in [0.25, 0.3) is 5.65 Å². The van der Waals surface area contributed by atoms with Gasteiger partial charge in [-0.3, -0.25) is 19.0 Å². The topological polar surface area (TPSA) is 127 Å². The molecule has 0 atom stereocenters. The number of rotatable bonds is 6. The lowest BCUT2D eigenvalue weighted by molar-refractivity contribution is -0.114. The summed E-state index contributed by atoms with van der Waals surface area (Å²) in [5, 5.41) is 12.2. The average Bonchev–Trinajstić information content (AvgIpc) is 3.26. The van der Waals surface area contributed by atoms with Gasteiger partial charge in [-0.15, -0.1) is 10.0 Å². The average molecular weight is 360 g/mol. The summed E-state index contributed by atoms with van der Waals surface area (Å²) >= 11 is 0. The Morgan fingerprint density at radius 1 is 1.38 bits per heavy atom. The van der Waals surface area contributed by atoms with E-state index in [4.69, 9.17) is 0 Å². The molecule has 26 heavy (non-hydrogen) atoms. The van der Waals surface area contributed by atoms with Gasteiger partial charge in [0.05, 0.1) is 0 Å². The summed E-state index contributed by atoms with van der Waals surface area (Å²) in [6, 6.07) is 1.49. The lowest BCUT2D eigenvalue weighted by atomic mass is 10.2. The molecule has 0 bridgehead atoms. The Bertz CT molecular complexity index is 954. The minimum absolute atomic E-state index is 0.0169. The maximum Gasteiger partial charge on any atom is 0.269 e. The molecule has 0 unspecified atom stereocenters. The Balaban J connectivity index is 2.25. The SMILES string of the molecule is CC(=O)Nc1cc2n(CC(C)C)c(=O)c(C(=O)NC3CC3)c(N=O)n2n1. The van der Waals surface area contributed by atoms with Crippen LogP contribution in [0.1, 0.15) is 44.0 Å². The Morgan fingerprint density at radius 3 is 2.62 bits per heavy atom. The van der Waals surface area contributed by atoms with Gasteiger partial charge in [0.1, 0.15) is 5.65 Å². The van der Waals surface area contributed by atoms with E-state index < -0.39 is 11.5 Å². The highest BCUT2D eigenvalue weighted by atomic mass is 16.3. The predicted molar refractivity (Wildman–Crippen MR) is 94.5 cm³/mol. The van der Waals surface area contributed by atoms with Gasteiger partial charge in [-0.25, -0.2) is 0 Å². The zero-order chi connectivity index (χ0) is 19.0. The summed E-state index contributed by atoms with van der Waals surface area (Å²) in [6.45, 7) is 5.47. The fraction of sp³-hybridized carbons (Fsp3) is 0.500. The summed E-state index contributed by atoms with van der Waals surface area (Å²) in [5.74, 6) is -1.09. The van der Waals surface area contributed by atoms with Crippen LogP contribution in [0.4, 0.5) is 11.6 Å². The Morgan fingerprint density at radius 2 is 2.08 bits per heavy atom. The highest BCUT2D eigenvalue weighted by Gasteiger charge is 2.30. The molecule has 0 aromatic carbocycles. The van der Waals surface area contributed by atoms with E-state index in [0.717, 1.165) is 17.4 Å². The molecule has 2 amide bonds. The van der Waals surface area contributed by atoms with Crippen molar-refractivity contribution in [3.63, 3.8) is 0 Å². The van der Waals surface area contributed by atoms with Gasteiger partial charge in [0.25, 0.3) is 11.5 Å². The standard InChI is InChI=1S/C16H20N6O4/c1-8(2)7-21-12-6-11(17-9(3)23)19-22(12)14(20-26)13(16(21)25)15(24)18-10-4-5-10/h6,8,10H,4-5,7H2,1-3H3,(H,18,24)(H,17,19,23). The van der Waals surface area contributed by atoms with E-state index in [0.29, 0.717) is 6.54 Å². The second kappa shape index (κ2) is 6.70. The van der Waals surface area contributed by atoms with E-state index >= 15 is 0 Å². The van der Waals surface area contributed by atoms with E-state index in [2.05, 4.69) is 20.9 Å². The molecule has 2 aromatic rings. The van der Waals surface area contributed by atoms with Crippen molar-refractivity contribution in [1.82, 2.24) is 19.5 Å². The molecule has 2 heterocycles. The van der Waals surface area contributed by atoms with Gasteiger partial charge in [-0.1, -0.05) is 13.8 Å². The van der Waals surface area contributed by atoms with Crippen molar-refractivity contribution in [3.8, 4) is 0 Å². The maximum atomic E-state index is 12.9. The number of nitrogens with zero attached hydrogens (tertiary/aromatic N) is 4. The zero-order valence-electron chi connectivity index (χ0n) is 14.8. The summed E-state index contributed by atoms with van der Waals surface area (Å²) in [4.78, 5) is 48.2. The minimum Gasteiger partial charge on any atom is -0.349 e. The van der Waals surface area contributed by atoms with Crippen LogP contribution in [0.2, 0.25) is 0 Å². The van der Waals surface area contributed by atoms with Crippen LogP contribution >= 0.6 is 0 Å². The molecule has 10 heteroatoms. The first-order valence-electron chi connectivity index (χ1n) is 8.40. The first-order chi connectivity index (χ1) is 12.3. The van der Waals surface area contributed by atoms with E-state index in [1.807, 2.05) is 13.8 Å². The second-order valence-electron chi connectivity index (χ2n) is 6.83. The van der Waals surface area contributed by atoms with Crippen molar-refractivity contribution in [2.75, 3.05) is 5.32 Å². The zero-order valence-corrected chi connectivity index (χ0v) is 14.8. The van der Waals surface area contributed by atoms with Crippen LogP contribution in [0.15, 0.2) is 16.0 Å². The molecule has 10 nitrogen and oxygen atoms in total. The van der Waals surface area contributed by atoms with Crippen LogP contribution < -0.4 is 16.2 Å². The molecular weight excluding hydrogens is 340 g/mol. The highest BCUT2D eigenvalue weighted by molar-refractivity contribution is 5.98. The van der Waals surface area contributed by atoms with Gasteiger partial charge in [0.2, 0.25) is 11.7 Å². The summed E-state index contributed by atoms with van der Waals surface area (Å²) in [6.07, 6.45) is 1.68. The fourth-order valence-electron chi connectivity index (χ4n) is 2.71. The van der Waals surface area contributed by atoms with E-state index in [-0.39, 0.29) is 40.7 Å². The van der Waals surface area contributed by atoms with Crippen molar-refractivity contribution in [2.24, 2.45) is 11.1 Å². The molecule has 1 fully saturated rings. The highest BCUT2D eigenvalue weighted by Crippen LogP contribution is 2.24. The van der Waals surface area contributed by atoms with Gasteiger partial charge in [-0.2, -0.15) is 4.52 Å². The monoisotopic (exact) mass is 360 g/mol. The molecule has 1 aliphatic carbocycles. The molecule has 0 spiro atoms. The normalized spacial score (nSPS) is 13.8.